The topological polar surface area (TPSA) is 40.1 Å². The first kappa shape index (κ1) is 22.0. The van der Waals surface area contributed by atoms with Crippen molar-refractivity contribution in [3.63, 3.8) is 0 Å². The Morgan fingerprint density at radius 1 is 1.32 bits per heavy atom. The highest BCUT2D eigenvalue weighted by Crippen LogP contribution is 2.17. The summed E-state index contributed by atoms with van der Waals surface area (Å²) in [6.45, 7) is 13.1. The molecule has 0 radical (unpaired) electrons. The van der Waals surface area contributed by atoms with Crippen LogP contribution < -0.4 is 5.32 Å². The fourth-order valence-electron chi connectivity index (χ4n) is 3.22. The van der Waals surface area contributed by atoms with Gasteiger partial charge in [0.25, 0.3) is 0 Å². The molecule has 0 aromatic carbocycles. The molecule has 146 valence electrons. The highest BCUT2D eigenvalue weighted by atomic mass is 16.5. The van der Waals surface area contributed by atoms with E-state index >= 15 is 0 Å². The molecule has 0 atom stereocenters. The van der Waals surface area contributed by atoms with Crippen molar-refractivity contribution in [3.05, 3.63) is 12.7 Å². The summed E-state index contributed by atoms with van der Waals surface area (Å²) in [6, 6.07) is 0. The van der Waals surface area contributed by atoms with Crippen LogP contribution in [0.5, 0.6) is 0 Å². The van der Waals surface area contributed by atoms with Crippen molar-refractivity contribution in [2.45, 2.75) is 45.4 Å². The molecular weight excluding hydrogens is 312 g/mol. The molecule has 1 N–H and O–H groups in total. The summed E-state index contributed by atoms with van der Waals surface area (Å²) in [5.74, 6) is 1.78. The molecule has 1 fully saturated rings. The van der Waals surface area contributed by atoms with Crippen molar-refractivity contribution in [1.29, 1.82) is 0 Å². The molecule has 5 nitrogen and oxygen atoms in total. The summed E-state index contributed by atoms with van der Waals surface area (Å²) in [4.78, 5) is 9.70. The molecule has 0 unspecified atom stereocenters. The number of rotatable bonds is 12. The zero-order valence-electron chi connectivity index (χ0n) is 16.8. The van der Waals surface area contributed by atoms with E-state index in [2.05, 4.69) is 35.7 Å². The fourth-order valence-corrected chi connectivity index (χ4v) is 3.22. The molecule has 1 aliphatic rings. The number of methoxy groups -OCH3 is 1. The van der Waals surface area contributed by atoms with Gasteiger partial charge in [-0.3, -0.25) is 4.99 Å². The first-order valence-corrected chi connectivity index (χ1v) is 10.0. The highest BCUT2D eigenvalue weighted by molar-refractivity contribution is 5.79. The van der Waals surface area contributed by atoms with Gasteiger partial charge in [-0.15, -0.1) is 6.58 Å². The summed E-state index contributed by atoms with van der Waals surface area (Å²) in [5, 5.41) is 3.44. The number of aliphatic imine (C=N–C) groups is 1. The van der Waals surface area contributed by atoms with Crippen LogP contribution in [0.2, 0.25) is 0 Å². The zero-order chi connectivity index (χ0) is 18.3. The largest absolute Gasteiger partial charge is 0.383 e. The van der Waals surface area contributed by atoms with Crippen molar-refractivity contribution < 1.29 is 4.74 Å². The third-order valence-electron chi connectivity index (χ3n) is 4.92. The lowest BCUT2D eigenvalue weighted by Gasteiger charge is -2.31. The lowest BCUT2D eigenvalue weighted by atomic mass is 9.97. The summed E-state index contributed by atoms with van der Waals surface area (Å²) in [6.07, 6.45) is 9.35. The first-order chi connectivity index (χ1) is 12.2. The summed E-state index contributed by atoms with van der Waals surface area (Å²) in [5.41, 5.74) is 0. The van der Waals surface area contributed by atoms with Crippen LogP contribution >= 0.6 is 0 Å². The highest BCUT2D eigenvalue weighted by Gasteiger charge is 2.19. The number of likely N-dealkylation sites (tertiary alicyclic amines) is 1. The van der Waals surface area contributed by atoms with Gasteiger partial charge >= 0.3 is 0 Å². The molecule has 0 bridgehead atoms. The molecule has 1 saturated heterocycles. The third-order valence-corrected chi connectivity index (χ3v) is 4.92. The van der Waals surface area contributed by atoms with Crippen LogP contribution in [-0.4, -0.2) is 75.8 Å². The number of unbranched alkanes of at least 4 members (excludes halogenated alkanes) is 3. The van der Waals surface area contributed by atoms with Crippen LogP contribution in [0.4, 0.5) is 0 Å². The maximum absolute atomic E-state index is 5.18. The Morgan fingerprint density at radius 2 is 2.08 bits per heavy atom. The van der Waals surface area contributed by atoms with E-state index < -0.39 is 0 Å². The number of nitrogens with one attached hydrogen (secondary N) is 1. The number of nitrogens with zero attached hydrogens (tertiary/aromatic N) is 3. The van der Waals surface area contributed by atoms with Crippen molar-refractivity contribution in [2.75, 3.05) is 60.0 Å². The molecule has 0 amide bonds. The Hall–Kier alpha value is -1.07. The number of piperidine rings is 1. The molecule has 5 heteroatoms. The van der Waals surface area contributed by atoms with E-state index in [1.54, 1.807) is 7.11 Å². The minimum Gasteiger partial charge on any atom is -0.383 e. The lowest BCUT2D eigenvalue weighted by molar-refractivity contribution is 0.121. The molecular formula is C20H40N4O. The van der Waals surface area contributed by atoms with Gasteiger partial charge in [0.15, 0.2) is 5.96 Å². The van der Waals surface area contributed by atoms with E-state index in [1.165, 1.54) is 45.2 Å². The minimum atomic E-state index is 0.716. The first-order valence-electron chi connectivity index (χ1n) is 10.0. The SMILES string of the molecule is C=CCCCCCN(C)C(=NCC1CCN(CCOC)CC1)NCC. The van der Waals surface area contributed by atoms with Crippen LogP contribution in [0.3, 0.4) is 0 Å². The Labute approximate surface area is 155 Å². The van der Waals surface area contributed by atoms with Crippen molar-refractivity contribution in [3.8, 4) is 0 Å². The third kappa shape index (κ3) is 9.85. The molecule has 0 saturated carbocycles. The number of hydrogen-bond acceptors (Lipinski definition) is 3. The van der Waals surface area contributed by atoms with E-state index in [0.717, 1.165) is 45.2 Å². The monoisotopic (exact) mass is 352 g/mol. The molecule has 0 aromatic heterocycles. The van der Waals surface area contributed by atoms with Crippen LogP contribution in [0.1, 0.15) is 45.4 Å². The van der Waals surface area contributed by atoms with Gasteiger partial charge in [0.2, 0.25) is 0 Å². The maximum Gasteiger partial charge on any atom is 0.193 e. The molecule has 1 aliphatic heterocycles. The van der Waals surface area contributed by atoms with Crippen molar-refractivity contribution >= 4 is 5.96 Å². The standard InChI is InChI=1S/C20H40N4O/c1-5-7-8-9-10-13-23(3)20(21-6-2)22-18-19-11-14-24(15-12-19)16-17-25-4/h5,19H,1,6-18H2,2-4H3,(H,21,22). The normalized spacial score (nSPS) is 16.8. The number of ether oxygens (including phenoxy) is 1. The van der Waals surface area contributed by atoms with Gasteiger partial charge in [-0.05, 0) is 58.0 Å². The van der Waals surface area contributed by atoms with E-state index in [9.17, 15) is 0 Å². The predicted molar refractivity (Wildman–Crippen MR) is 108 cm³/mol. The smallest absolute Gasteiger partial charge is 0.193 e. The lowest BCUT2D eigenvalue weighted by Crippen LogP contribution is -2.40. The second kappa shape index (κ2) is 14.1. The van der Waals surface area contributed by atoms with Crippen LogP contribution in [-0.2, 0) is 4.74 Å². The number of allylic oxidation sites excluding steroid dienone is 1. The van der Waals surface area contributed by atoms with E-state index in [4.69, 9.17) is 9.73 Å². The average molecular weight is 353 g/mol. The van der Waals surface area contributed by atoms with Gasteiger partial charge < -0.3 is 19.9 Å². The Bertz CT molecular complexity index is 365. The maximum atomic E-state index is 5.18. The average Bonchev–Trinajstić information content (AvgIpc) is 2.64. The van der Waals surface area contributed by atoms with Gasteiger partial charge in [-0.2, -0.15) is 0 Å². The van der Waals surface area contributed by atoms with Gasteiger partial charge in [0, 0.05) is 40.3 Å². The van der Waals surface area contributed by atoms with Gasteiger partial charge in [-0.25, -0.2) is 0 Å². The molecule has 0 aliphatic carbocycles. The van der Waals surface area contributed by atoms with Crippen LogP contribution in [0.25, 0.3) is 0 Å². The second-order valence-corrected chi connectivity index (χ2v) is 7.03. The van der Waals surface area contributed by atoms with E-state index in [-0.39, 0.29) is 0 Å². The Kier molecular flexibility index (Phi) is 12.4. The van der Waals surface area contributed by atoms with Crippen LogP contribution in [0, 0.1) is 5.92 Å². The second-order valence-electron chi connectivity index (χ2n) is 7.03. The Morgan fingerprint density at radius 3 is 2.72 bits per heavy atom. The van der Waals surface area contributed by atoms with Crippen molar-refractivity contribution in [2.24, 2.45) is 10.9 Å². The molecule has 1 heterocycles. The van der Waals surface area contributed by atoms with Crippen LogP contribution in [0.15, 0.2) is 17.6 Å². The summed E-state index contributed by atoms with van der Waals surface area (Å²) < 4.78 is 5.18. The van der Waals surface area contributed by atoms with Gasteiger partial charge in [-0.1, -0.05) is 12.5 Å². The molecule has 25 heavy (non-hydrogen) atoms. The summed E-state index contributed by atoms with van der Waals surface area (Å²) >= 11 is 0. The zero-order valence-corrected chi connectivity index (χ0v) is 16.8. The quantitative estimate of drug-likeness (QED) is 0.254. The molecule has 0 aromatic rings. The van der Waals surface area contributed by atoms with Gasteiger partial charge in [0.1, 0.15) is 0 Å². The van der Waals surface area contributed by atoms with E-state index in [0.29, 0.717) is 5.92 Å². The Balaban J connectivity index is 2.33. The summed E-state index contributed by atoms with van der Waals surface area (Å²) in [7, 11) is 3.93. The predicted octanol–water partition coefficient (Wildman–Crippen LogP) is 2.99. The van der Waals surface area contributed by atoms with E-state index in [1.807, 2.05) is 6.08 Å². The molecule has 0 spiro atoms. The number of guanidine groups is 1. The van der Waals surface area contributed by atoms with Crippen molar-refractivity contribution in [1.82, 2.24) is 15.1 Å². The minimum absolute atomic E-state index is 0.716. The fraction of sp³-hybridized carbons (Fsp3) is 0.850. The molecule has 1 rings (SSSR count). The van der Waals surface area contributed by atoms with Gasteiger partial charge in [0.05, 0.1) is 6.61 Å². The number of hydrogen-bond donors (Lipinski definition) is 1.